The second-order valence-corrected chi connectivity index (χ2v) is 5.60. The monoisotopic (exact) mass is 247 g/mol. The predicted octanol–water partition coefficient (Wildman–Crippen LogP) is 2.88. The Bertz CT molecular complexity index is 425. The first-order chi connectivity index (χ1) is 8.75. The lowest BCUT2D eigenvalue weighted by molar-refractivity contribution is 0.171. The molecular formula is C15H21NO2. The molecule has 1 fully saturated rings. The van der Waals surface area contributed by atoms with Crippen molar-refractivity contribution in [3.63, 3.8) is 0 Å². The molecule has 2 aliphatic rings. The second-order valence-electron chi connectivity index (χ2n) is 5.60. The summed E-state index contributed by atoms with van der Waals surface area (Å²) in [5.74, 6) is 1.76. The third-order valence-electron chi connectivity index (χ3n) is 4.03. The van der Waals surface area contributed by atoms with Gasteiger partial charge in [-0.05, 0) is 37.5 Å². The Morgan fingerprint density at radius 3 is 2.61 bits per heavy atom. The molecule has 3 nitrogen and oxygen atoms in total. The van der Waals surface area contributed by atoms with Crippen LogP contribution in [0.15, 0.2) is 18.2 Å². The van der Waals surface area contributed by atoms with Crippen molar-refractivity contribution in [3.05, 3.63) is 23.8 Å². The highest BCUT2D eigenvalue weighted by Crippen LogP contribution is 2.32. The Balaban J connectivity index is 1.66. The molecule has 1 N–H and O–H groups in total. The summed E-state index contributed by atoms with van der Waals surface area (Å²) < 4.78 is 11.1. The molecule has 1 aliphatic heterocycles. The van der Waals surface area contributed by atoms with E-state index in [1.807, 2.05) is 6.07 Å². The zero-order valence-corrected chi connectivity index (χ0v) is 11.0. The van der Waals surface area contributed by atoms with Gasteiger partial charge < -0.3 is 14.8 Å². The summed E-state index contributed by atoms with van der Waals surface area (Å²) >= 11 is 0. The summed E-state index contributed by atoms with van der Waals surface area (Å²) in [4.78, 5) is 0. The maximum Gasteiger partial charge on any atom is 0.161 e. The molecule has 0 spiro atoms. The smallest absolute Gasteiger partial charge is 0.161 e. The minimum Gasteiger partial charge on any atom is -0.486 e. The minimum atomic E-state index is 0.327. The van der Waals surface area contributed by atoms with Gasteiger partial charge in [0, 0.05) is 12.1 Å². The molecule has 0 unspecified atom stereocenters. The van der Waals surface area contributed by atoms with Gasteiger partial charge in [-0.15, -0.1) is 0 Å². The molecule has 3 rings (SSSR count). The highest BCUT2D eigenvalue weighted by atomic mass is 16.6. The second kappa shape index (κ2) is 4.81. The summed E-state index contributed by atoms with van der Waals surface area (Å²) in [6, 6.07) is 6.24. The third kappa shape index (κ3) is 2.46. The fourth-order valence-corrected chi connectivity index (χ4v) is 2.85. The van der Waals surface area contributed by atoms with Crippen LogP contribution in [0.25, 0.3) is 0 Å². The highest BCUT2D eigenvalue weighted by Gasteiger charge is 2.27. The van der Waals surface area contributed by atoms with Gasteiger partial charge in [0.15, 0.2) is 11.5 Å². The number of nitrogens with one attached hydrogen (secondary N) is 1. The van der Waals surface area contributed by atoms with Gasteiger partial charge in [0.2, 0.25) is 0 Å². The van der Waals surface area contributed by atoms with Gasteiger partial charge in [-0.1, -0.05) is 18.9 Å². The largest absolute Gasteiger partial charge is 0.486 e. The minimum absolute atomic E-state index is 0.327. The maximum atomic E-state index is 5.61. The number of hydrogen-bond donors (Lipinski definition) is 1. The molecule has 1 aromatic carbocycles. The molecule has 0 aromatic heterocycles. The van der Waals surface area contributed by atoms with E-state index in [0.717, 1.165) is 18.0 Å². The number of fused-ring (bicyclic) bond motifs is 1. The van der Waals surface area contributed by atoms with E-state index in [4.69, 9.17) is 9.47 Å². The van der Waals surface area contributed by atoms with Crippen molar-refractivity contribution >= 4 is 0 Å². The van der Waals surface area contributed by atoms with Gasteiger partial charge in [0.05, 0.1) is 0 Å². The zero-order chi connectivity index (χ0) is 12.4. The van der Waals surface area contributed by atoms with Crippen LogP contribution in [-0.4, -0.2) is 18.8 Å². The van der Waals surface area contributed by atoms with Crippen molar-refractivity contribution < 1.29 is 9.47 Å². The van der Waals surface area contributed by atoms with Crippen LogP contribution >= 0.6 is 0 Å². The number of ether oxygens (including phenoxy) is 2. The van der Waals surface area contributed by atoms with E-state index in [2.05, 4.69) is 24.4 Å². The third-order valence-corrected chi connectivity index (χ3v) is 4.03. The Kier molecular flexibility index (Phi) is 3.16. The first-order valence-electron chi connectivity index (χ1n) is 6.89. The van der Waals surface area contributed by atoms with Crippen molar-refractivity contribution in [2.45, 2.75) is 44.7 Å². The van der Waals surface area contributed by atoms with E-state index in [0.29, 0.717) is 18.8 Å². The van der Waals surface area contributed by atoms with Gasteiger partial charge >= 0.3 is 0 Å². The van der Waals surface area contributed by atoms with Crippen LogP contribution in [0.5, 0.6) is 11.5 Å². The molecule has 1 saturated carbocycles. The quantitative estimate of drug-likeness (QED) is 0.891. The first kappa shape index (κ1) is 11.8. The van der Waals surface area contributed by atoms with E-state index in [1.165, 1.54) is 31.2 Å². The lowest BCUT2D eigenvalue weighted by atomic mass is 10.0. The molecule has 18 heavy (non-hydrogen) atoms. The van der Waals surface area contributed by atoms with Crippen molar-refractivity contribution in [2.24, 2.45) is 0 Å². The molecular weight excluding hydrogens is 226 g/mol. The fraction of sp³-hybridized carbons (Fsp3) is 0.600. The highest BCUT2D eigenvalue weighted by molar-refractivity contribution is 5.43. The van der Waals surface area contributed by atoms with Crippen LogP contribution in [-0.2, 0) is 6.54 Å². The van der Waals surface area contributed by atoms with Crippen LogP contribution in [0.1, 0.15) is 38.2 Å². The molecule has 1 aromatic rings. The standard InChI is InChI=1S/C15H21NO2/c1-15(6-2-3-7-15)16-11-12-4-5-13-14(10-12)18-9-8-17-13/h4-5,10,16H,2-3,6-9,11H2,1H3. The molecule has 0 radical (unpaired) electrons. The Morgan fingerprint density at radius 2 is 1.83 bits per heavy atom. The van der Waals surface area contributed by atoms with Crippen molar-refractivity contribution in [1.82, 2.24) is 5.32 Å². The molecule has 0 atom stereocenters. The Hall–Kier alpha value is -1.22. The van der Waals surface area contributed by atoms with Gasteiger partial charge in [-0.3, -0.25) is 0 Å². The lowest BCUT2D eigenvalue weighted by Gasteiger charge is -2.26. The summed E-state index contributed by atoms with van der Waals surface area (Å²) in [5, 5.41) is 3.68. The first-order valence-corrected chi connectivity index (χ1v) is 6.89. The topological polar surface area (TPSA) is 30.5 Å². The fourth-order valence-electron chi connectivity index (χ4n) is 2.85. The number of hydrogen-bond acceptors (Lipinski definition) is 3. The van der Waals surface area contributed by atoms with Crippen LogP contribution in [0, 0.1) is 0 Å². The Morgan fingerprint density at radius 1 is 1.11 bits per heavy atom. The van der Waals surface area contributed by atoms with Gasteiger partial charge in [-0.25, -0.2) is 0 Å². The maximum absolute atomic E-state index is 5.61. The van der Waals surface area contributed by atoms with Gasteiger partial charge in [0.1, 0.15) is 13.2 Å². The van der Waals surface area contributed by atoms with Crippen LogP contribution in [0.2, 0.25) is 0 Å². The summed E-state index contributed by atoms with van der Waals surface area (Å²) in [6.45, 7) is 4.55. The van der Waals surface area contributed by atoms with E-state index in [1.54, 1.807) is 0 Å². The summed E-state index contributed by atoms with van der Waals surface area (Å²) in [5.41, 5.74) is 1.60. The number of rotatable bonds is 3. The SMILES string of the molecule is CC1(NCc2ccc3c(c2)OCCO3)CCCC1. The predicted molar refractivity (Wildman–Crippen MR) is 71.1 cm³/mol. The van der Waals surface area contributed by atoms with Gasteiger partial charge in [0.25, 0.3) is 0 Å². The van der Waals surface area contributed by atoms with Crippen LogP contribution < -0.4 is 14.8 Å². The molecule has 3 heteroatoms. The Labute approximate surface area is 108 Å². The molecule has 0 saturated heterocycles. The molecule has 1 heterocycles. The zero-order valence-electron chi connectivity index (χ0n) is 11.0. The van der Waals surface area contributed by atoms with E-state index >= 15 is 0 Å². The summed E-state index contributed by atoms with van der Waals surface area (Å²) in [6.07, 6.45) is 5.28. The van der Waals surface area contributed by atoms with Crippen LogP contribution in [0.4, 0.5) is 0 Å². The molecule has 98 valence electrons. The average molecular weight is 247 g/mol. The normalized spacial score (nSPS) is 20.9. The average Bonchev–Trinajstić information content (AvgIpc) is 2.84. The van der Waals surface area contributed by atoms with Crippen molar-refractivity contribution in [1.29, 1.82) is 0 Å². The van der Waals surface area contributed by atoms with Crippen LogP contribution in [0.3, 0.4) is 0 Å². The number of benzene rings is 1. The summed E-state index contributed by atoms with van der Waals surface area (Å²) in [7, 11) is 0. The lowest BCUT2D eigenvalue weighted by Crippen LogP contribution is -2.38. The molecule has 1 aliphatic carbocycles. The van der Waals surface area contributed by atoms with Crippen molar-refractivity contribution in [2.75, 3.05) is 13.2 Å². The van der Waals surface area contributed by atoms with E-state index in [-0.39, 0.29) is 0 Å². The van der Waals surface area contributed by atoms with E-state index < -0.39 is 0 Å². The van der Waals surface area contributed by atoms with E-state index in [9.17, 15) is 0 Å². The molecule has 0 bridgehead atoms. The van der Waals surface area contributed by atoms with Crippen molar-refractivity contribution in [3.8, 4) is 11.5 Å². The van der Waals surface area contributed by atoms with Gasteiger partial charge in [-0.2, -0.15) is 0 Å². The molecule has 0 amide bonds.